The van der Waals surface area contributed by atoms with Crippen molar-refractivity contribution in [3.05, 3.63) is 41.4 Å². The van der Waals surface area contributed by atoms with Gasteiger partial charge in [0.1, 0.15) is 24.6 Å². The number of fused-ring (bicyclic) bond motifs is 1. The highest BCUT2D eigenvalue weighted by molar-refractivity contribution is 6.30. The summed E-state index contributed by atoms with van der Waals surface area (Å²) in [5.41, 5.74) is 8.26. The third-order valence-electron chi connectivity index (χ3n) is 4.70. The van der Waals surface area contributed by atoms with Crippen LogP contribution in [0, 0.1) is 0 Å². The third kappa shape index (κ3) is 3.25. The zero-order valence-corrected chi connectivity index (χ0v) is 15.4. The van der Waals surface area contributed by atoms with Crippen molar-refractivity contribution in [2.45, 2.75) is 31.1 Å². The molecule has 148 valence electrons. The van der Waals surface area contributed by atoms with Crippen molar-refractivity contribution in [2.24, 2.45) is 0 Å². The molecule has 0 bridgehead atoms. The first-order valence-electron chi connectivity index (χ1n) is 8.57. The van der Waals surface area contributed by atoms with E-state index in [9.17, 15) is 15.3 Å². The largest absolute Gasteiger partial charge is 0.398 e. The Bertz CT molecular complexity index is 999. The van der Waals surface area contributed by atoms with E-state index in [1.807, 2.05) is 6.07 Å². The summed E-state index contributed by atoms with van der Waals surface area (Å²) in [6.45, 7) is -0.0124. The normalized spacial score (nSPS) is 24.7. The fourth-order valence-corrected chi connectivity index (χ4v) is 3.36. The van der Waals surface area contributed by atoms with Gasteiger partial charge in [0.2, 0.25) is 0 Å². The second-order valence-electron chi connectivity index (χ2n) is 6.47. The van der Waals surface area contributed by atoms with Crippen molar-refractivity contribution in [1.82, 2.24) is 19.5 Å². The number of aliphatic hydroxyl groups excluding tert-OH is 3. The van der Waals surface area contributed by atoms with Gasteiger partial charge in [0.15, 0.2) is 23.2 Å². The molecule has 0 aliphatic carbocycles. The summed E-state index contributed by atoms with van der Waals surface area (Å²) in [5.74, 6) is 0.477. The van der Waals surface area contributed by atoms with E-state index in [0.717, 1.165) is 5.56 Å². The van der Waals surface area contributed by atoms with Crippen LogP contribution in [0.5, 0.6) is 0 Å². The summed E-state index contributed by atoms with van der Waals surface area (Å²) >= 11 is 5.92. The van der Waals surface area contributed by atoms with Gasteiger partial charge < -0.3 is 31.1 Å². The van der Waals surface area contributed by atoms with Gasteiger partial charge in [-0.3, -0.25) is 4.57 Å². The highest BCUT2D eigenvalue weighted by atomic mass is 35.5. The van der Waals surface area contributed by atoms with Crippen LogP contribution in [-0.4, -0.2) is 59.8 Å². The Morgan fingerprint density at radius 2 is 2.04 bits per heavy atom. The zero-order chi connectivity index (χ0) is 19.8. The Labute approximate surface area is 164 Å². The molecule has 3 aromatic rings. The molecule has 1 fully saturated rings. The van der Waals surface area contributed by atoms with E-state index in [0.29, 0.717) is 34.2 Å². The average molecular weight is 407 g/mol. The summed E-state index contributed by atoms with van der Waals surface area (Å²) < 4.78 is 7.05. The van der Waals surface area contributed by atoms with Crippen LogP contribution in [0.2, 0.25) is 5.02 Å². The van der Waals surface area contributed by atoms with Crippen molar-refractivity contribution >= 4 is 34.3 Å². The Balaban J connectivity index is 1.60. The molecule has 0 radical (unpaired) electrons. The summed E-state index contributed by atoms with van der Waals surface area (Å²) in [4.78, 5) is 12.7. The van der Waals surface area contributed by atoms with Crippen LogP contribution >= 0.6 is 11.6 Å². The first kappa shape index (κ1) is 18.8. The molecule has 4 atom stereocenters. The van der Waals surface area contributed by atoms with Crippen molar-refractivity contribution < 1.29 is 20.1 Å². The van der Waals surface area contributed by atoms with Gasteiger partial charge in [0, 0.05) is 17.3 Å². The molecule has 0 amide bonds. The number of nitrogens with zero attached hydrogens (tertiary/aromatic N) is 4. The molecule has 1 saturated heterocycles. The molecular weight excluding hydrogens is 388 g/mol. The average Bonchev–Trinajstić information content (AvgIpc) is 3.23. The monoisotopic (exact) mass is 406 g/mol. The topological polar surface area (TPSA) is 152 Å². The highest BCUT2D eigenvalue weighted by Gasteiger charge is 2.44. The molecule has 4 rings (SSSR count). The smallest absolute Gasteiger partial charge is 0.167 e. The first-order valence-corrected chi connectivity index (χ1v) is 8.95. The molecule has 11 heteroatoms. The second kappa shape index (κ2) is 7.49. The van der Waals surface area contributed by atoms with Crippen LogP contribution in [0.4, 0.5) is 11.5 Å². The summed E-state index contributed by atoms with van der Waals surface area (Å²) in [5, 5.41) is 33.2. The number of ether oxygens (including phenoxy) is 1. The van der Waals surface area contributed by atoms with E-state index in [-0.39, 0.29) is 0 Å². The standard InChI is InChI=1S/C17H19ClN6O4/c18-9-2-1-8(10(19)3-9)4-20-15-12-16(22-6-21-15)24(7-23-12)17-14(27)13(26)11(5-25)28-17/h1-3,6-7,11,13-14,17,25-27H,4-5,19H2,(H,20,21,22)/t11-,13-,14-,17-/m1/s1. The van der Waals surface area contributed by atoms with E-state index in [1.165, 1.54) is 17.2 Å². The molecule has 6 N–H and O–H groups in total. The van der Waals surface area contributed by atoms with Gasteiger partial charge in [-0.2, -0.15) is 0 Å². The number of anilines is 2. The maximum absolute atomic E-state index is 10.2. The molecule has 1 aliphatic rings. The summed E-state index contributed by atoms with van der Waals surface area (Å²) in [7, 11) is 0. The maximum Gasteiger partial charge on any atom is 0.167 e. The molecule has 2 aromatic heterocycles. The lowest BCUT2D eigenvalue weighted by molar-refractivity contribution is -0.0511. The Morgan fingerprint density at radius 1 is 1.21 bits per heavy atom. The number of benzene rings is 1. The summed E-state index contributed by atoms with van der Waals surface area (Å²) in [6, 6.07) is 5.24. The third-order valence-corrected chi connectivity index (χ3v) is 4.94. The van der Waals surface area contributed by atoms with E-state index >= 15 is 0 Å². The van der Waals surface area contributed by atoms with Gasteiger partial charge in [-0.15, -0.1) is 0 Å². The van der Waals surface area contributed by atoms with Crippen LogP contribution in [0.15, 0.2) is 30.9 Å². The number of nitrogen functional groups attached to an aromatic ring is 1. The van der Waals surface area contributed by atoms with E-state index in [4.69, 9.17) is 22.1 Å². The van der Waals surface area contributed by atoms with Gasteiger partial charge in [0.05, 0.1) is 12.9 Å². The number of rotatable bonds is 5. The van der Waals surface area contributed by atoms with Crippen molar-refractivity contribution in [1.29, 1.82) is 0 Å². The van der Waals surface area contributed by atoms with E-state index < -0.39 is 31.1 Å². The van der Waals surface area contributed by atoms with Gasteiger partial charge in [-0.1, -0.05) is 17.7 Å². The fourth-order valence-electron chi connectivity index (χ4n) is 3.18. The van der Waals surface area contributed by atoms with Crippen LogP contribution in [0.25, 0.3) is 11.2 Å². The molecule has 28 heavy (non-hydrogen) atoms. The van der Waals surface area contributed by atoms with E-state index in [1.54, 1.807) is 12.1 Å². The minimum atomic E-state index is -1.23. The number of imidazole rings is 1. The van der Waals surface area contributed by atoms with Gasteiger partial charge >= 0.3 is 0 Å². The number of halogens is 1. The maximum atomic E-state index is 10.2. The number of hydrogen-bond donors (Lipinski definition) is 5. The first-order chi connectivity index (χ1) is 13.5. The minimum absolute atomic E-state index is 0.399. The van der Waals surface area contributed by atoms with Crippen LogP contribution in [0.3, 0.4) is 0 Å². The van der Waals surface area contributed by atoms with Crippen molar-refractivity contribution in [3.8, 4) is 0 Å². The molecule has 0 spiro atoms. The zero-order valence-electron chi connectivity index (χ0n) is 14.6. The highest BCUT2D eigenvalue weighted by Crippen LogP contribution is 2.32. The van der Waals surface area contributed by atoms with Crippen LogP contribution < -0.4 is 11.1 Å². The number of hydrogen-bond acceptors (Lipinski definition) is 9. The lowest BCUT2D eigenvalue weighted by atomic mass is 10.1. The molecule has 3 heterocycles. The van der Waals surface area contributed by atoms with Gasteiger partial charge in [0.25, 0.3) is 0 Å². The molecule has 10 nitrogen and oxygen atoms in total. The summed E-state index contributed by atoms with van der Waals surface area (Å²) in [6.07, 6.45) is -1.44. The number of aromatic nitrogens is 4. The van der Waals surface area contributed by atoms with Gasteiger partial charge in [-0.05, 0) is 17.7 Å². The lowest BCUT2D eigenvalue weighted by Gasteiger charge is -2.16. The minimum Gasteiger partial charge on any atom is -0.398 e. The fraction of sp³-hybridized carbons (Fsp3) is 0.353. The van der Waals surface area contributed by atoms with Crippen LogP contribution in [0.1, 0.15) is 11.8 Å². The molecule has 0 unspecified atom stereocenters. The SMILES string of the molecule is Nc1cc(Cl)ccc1CNc1ncnc2c1ncn2[C@@H]1O[C@H](CO)[C@@H](O)[C@H]1O. The number of nitrogens with one attached hydrogen (secondary N) is 1. The Kier molecular flexibility index (Phi) is 5.04. The Hall–Kier alpha value is -2.50. The van der Waals surface area contributed by atoms with Gasteiger partial charge in [-0.25, -0.2) is 15.0 Å². The van der Waals surface area contributed by atoms with Crippen molar-refractivity contribution in [2.75, 3.05) is 17.7 Å². The lowest BCUT2D eigenvalue weighted by Crippen LogP contribution is -2.33. The predicted octanol–water partition coefficient (Wildman–Crippen LogP) is 0.285. The molecule has 1 aromatic carbocycles. The van der Waals surface area contributed by atoms with Crippen molar-refractivity contribution in [3.63, 3.8) is 0 Å². The molecular formula is C17H19ClN6O4. The molecule has 0 saturated carbocycles. The predicted molar refractivity (Wildman–Crippen MR) is 102 cm³/mol. The second-order valence-corrected chi connectivity index (χ2v) is 6.91. The Morgan fingerprint density at radius 3 is 2.75 bits per heavy atom. The van der Waals surface area contributed by atoms with Crippen LogP contribution in [-0.2, 0) is 11.3 Å². The van der Waals surface area contributed by atoms with E-state index in [2.05, 4.69) is 20.3 Å². The number of aliphatic hydroxyl groups is 3. The molecule has 1 aliphatic heterocycles. The number of nitrogens with two attached hydrogens (primary N) is 1. The quantitative estimate of drug-likeness (QED) is 0.376.